The summed E-state index contributed by atoms with van der Waals surface area (Å²) in [5.74, 6) is -1.64. The van der Waals surface area contributed by atoms with Gasteiger partial charge in [-0.3, -0.25) is 4.79 Å². The van der Waals surface area contributed by atoms with Gasteiger partial charge in [0.2, 0.25) is 5.43 Å². The summed E-state index contributed by atoms with van der Waals surface area (Å²) in [4.78, 5) is 23.3. The van der Waals surface area contributed by atoms with Crippen molar-refractivity contribution in [3.63, 3.8) is 0 Å². The predicted octanol–water partition coefficient (Wildman–Crippen LogP) is 3.07. The molecule has 20 heavy (non-hydrogen) atoms. The van der Waals surface area contributed by atoms with E-state index in [4.69, 9.17) is 16.7 Å². The summed E-state index contributed by atoms with van der Waals surface area (Å²) in [5.41, 5.74) is -0.563. The fraction of sp³-hybridized carbons (Fsp3) is 0.286. The Balaban J connectivity index is 2.41. The van der Waals surface area contributed by atoms with Crippen LogP contribution in [0.25, 0.3) is 10.9 Å². The third-order valence-corrected chi connectivity index (χ3v) is 4.02. The second-order valence-electron chi connectivity index (χ2n) is 5.15. The number of benzene rings is 1. The Hall–Kier alpha value is -1.88. The zero-order valence-corrected chi connectivity index (χ0v) is 11.3. The van der Waals surface area contributed by atoms with Crippen molar-refractivity contribution in [3.8, 4) is 0 Å². The fourth-order valence-electron chi connectivity index (χ4n) is 2.46. The first-order valence-corrected chi connectivity index (χ1v) is 6.55. The number of hydrogen-bond acceptors (Lipinski definition) is 2. The van der Waals surface area contributed by atoms with Crippen LogP contribution in [0.5, 0.6) is 0 Å². The molecule has 4 nitrogen and oxygen atoms in total. The molecule has 2 atom stereocenters. The molecule has 3 rings (SSSR count). The van der Waals surface area contributed by atoms with Crippen LogP contribution in [-0.4, -0.2) is 15.6 Å². The lowest BCUT2D eigenvalue weighted by Gasteiger charge is -2.12. The summed E-state index contributed by atoms with van der Waals surface area (Å²) in [6, 6.07) is 2.51. The third-order valence-electron chi connectivity index (χ3n) is 3.73. The number of rotatable bonds is 2. The van der Waals surface area contributed by atoms with Crippen LogP contribution < -0.4 is 5.43 Å². The van der Waals surface area contributed by atoms with Crippen molar-refractivity contribution in [3.05, 3.63) is 45.0 Å². The first-order chi connectivity index (χ1) is 9.40. The lowest BCUT2D eigenvalue weighted by Crippen LogP contribution is -2.19. The molecule has 6 heteroatoms. The largest absolute Gasteiger partial charge is 0.477 e. The van der Waals surface area contributed by atoms with Gasteiger partial charge in [0.25, 0.3) is 0 Å². The molecule has 104 valence electrons. The van der Waals surface area contributed by atoms with Crippen molar-refractivity contribution < 1.29 is 14.3 Å². The number of halogens is 2. The van der Waals surface area contributed by atoms with Crippen molar-refractivity contribution in [2.45, 2.75) is 19.4 Å². The molecule has 1 aromatic heterocycles. The summed E-state index contributed by atoms with van der Waals surface area (Å²) in [6.45, 7) is 2.03. The van der Waals surface area contributed by atoms with E-state index in [1.54, 1.807) is 4.57 Å². The number of aromatic carboxylic acids is 1. The number of fused-ring (bicyclic) bond motifs is 1. The lowest BCUT2D eigenvalue weighted by atomic mass is 10.1. The van der Waals surface area contributed by atoms with Crippen LogP contribution in [0.3, 0.4) is 0 Å². The van der Waals surface area contributed by atoms with Gasteiger partial charge in [-0.15, -0.1) is 0 Å². The van der Waals surface area contributed by atoms with E-state index in [1.165, 1.54) is 12.3 Å². The van der Waals surface area contributed by atoms with E-state index in [0.717, 1.165) is 12.5 Å². The van der Waals surface area contributed by atoms with Gasteiger partial charge < -0.3 is 9.67 Å². The zero-order chi connectivity index (χ0) is 14.6. The number of hydrogen-bond donors (Lipinski definition) is 1. The molecule has 1 aliphatic carbocycles. The van der Waals surface area contributed by atoms with Crippen molar-refractivity contribution in [2.24, 2.45) is 5.92 Å². The maximum atomic E-state index is 13.6. The Morgan fingerprint density at radius 1 is 1.50 bits per heavy atom. The molecule has 0 spiro atoms. The van der Waals surface area contributed by atoms with Gasteiger partial charge in [0, 0.05) is 17.6 Å². The fourth-order valence-corrected chi connectivity index (χ4v) is 2.62. The van der Waals surface area contributed by atoms with E-state index in [9.17, 15) is 14.0 Å². The Morgan fingerprint density at radius 3 is 2.70 bits per heavy atom. The van der Waals surface area contributed by atoms with Crippen molar-refractivity contribution in [1.29, 1.82) is 0 Å². The van der Waals surface area contributed by atoms with E-state index in [1.807, 2.05) is 6.92 Å². The molecule has 0 bridgehead atoms. The van der Waals surface area contributed by atoms with Gasteiger partial charge in [0.1, 0.15) is 11.4 Å². The van der Waals surface area contributed by atoms with Gasteiger partial charge in [-0.1, -0.05) is 18.5 Å². The van der Waals surface area contributed by atoms with E-state index in [-0.39, 0.29) is 22.0 Å². The van der Waals surface area contributed by atoms with Crippen LogP contribution in [0.15, 0.2) is 23.1 Å². The molecule has 1 heterocycles. The van der Waals surface area contributed by atoms with Crippen LogP contribution in [0, 0.1) is 11.7 Å². The highest BCUT2D eigenvalue weighted by molar-refractivity contribution is 6.31. The first kappa shape index (κ1) is 13.1. The number of pyridine rings is 1. The van der Waals surface area contributed by atoms with Gasteiger partial charge in [-0.05, 0) is 24.5 Å². The zero-order valence-electron chi connectivity index (χ0n) is 10.6. The monoisotopic (exact) mass is 295 g/mol. The van der Waals surface area contributed by atoms with Gasteiger partial charge in [0.05, 0.1) is 10.5 Å². The summed E-state index contributed by atoms with van der Waals surface area (Å²) in [6.07, 6.45) is 2.22. The van der Waals surface area contributed by atoms with Gasteiger partial charge in [-0.25, -0.2) is 9.18 Å². The standard InChI is InChI=1S/C14H11ClFNO3/c1-6-2-11(6)17-5-8(14(19)20)13(18)7-3-10(16)9(15)4-12(7)17/h3-6,11H,2H2,1H3,(H,19,20). The number of nitrogens with zero attached hydrogens (tertiary/aromatic N) is 1. The number of carbonyl (C=O) groups is 1. The van der Waals surface area contributed by atoms with Crippen LogP contribution in [-0.2, 0) is 0 Å². The Kier molecular flexibility index (Phi) is 2.83. The molecular formula is C14H11ClFNO3. The van der Waals surface area contributed by atoms with Gasteiger partial charge >= 0.3 is 5.97 Å². The van der Waals surface area contributed by atoms with Crippen LogP contribution in [0.1, 0.15) is 29.7 Å². The average Bonchev–Trinajstić information content (AvgIpc) is 3.09. The topological polar surface area (TPSA) is 59.3 Å². The van der Waals surface area contributed by atoms with Crippen LogP contribution >= 0.6 is 11.6 Å². The Labute approximate surface area is 118 Å². The minimum Gasteiger partial charge on any atom is -0.477 e. The SMILES string of the molecule is CC1CC1n1cc(C(=O)O)c(=O)c2cc(F)c(Cl)cc21. The molecule has 2 unspecified atom stereocenters. The number of carboxylic acid groups (broad SMARTS) is 1. The summed E-state index contributed by atoms with van der Waals surface area (Å²) >= 11 is 5.77. The number of carboxylic acids is 1. The van der Waals surface area contributed by atoms with Crippen LogP contribution in [0.4, 0.5) is 4.39 Å². The van der Waals surface area contributed by atoms with E-state index in [2.05, 4.69) is 0 Å². The summed E-state index contributed by atoms with van der Waals surface area (Å²) < 4.78 is 15.3. The predicted molar refractivity (Wildman–Crippen MR) is 73.0 cm³/mol. The van der Waals surface area contributed by atoms with Crippen molar-refractivity contribution >= 4 is 28.5 Å². The third kappa shape index (κ3) is 1.89. The Bertz CT molecular complexity index is 799. The van der Waals surface area contributed by atoms with Crippen molar-refractivity contribution in [2.75, 3.05) is 0 Å². The average molecular weight is 296 g/mol. The van der Waals surface area contributed by atoms with Gasteiger partial charge in [-0.2, -0.15) is 0 Å². The molecule has 0 amide bonds. The molecule has 1 aliphatic rings. The molecule has 1 N–H and O–H groups in total. The second kappa shape index (κ2) is 4.31. The molecule has 1 fully saturated rings. The molecule has 0 radical (unpaired) electrons. The van der Waals surface area contributed by atoms with E-state index < -0.39 is 17.2 Å². The maximum absolute atomic E-state index is 13.6. The van der Waals surface area contributed by atoms with Gasteiger partial charge in [0.15, 0.2) is 0 Å². The molecule has 0 aliphatic heterocycles. The quantitative estimate of drug-likeness (QED) is 0.926. The minimum atomic E-state index is -1.31. The summed E-state index contributed by atoms with van der Waals surface area (Å²) in [5, 5.41) is 9.07. The molecular weight excluding hydrogens is 285 g/mol. The highest BCUT2D eigenvalue weighted by Crippen LogP contribution is 2.44. The normalized spacial score (nSPS) is 21.1. The smallest absolute Gasteiger partial charge is 0.341 e. The summed E-state index contributed by atoms with van der Waals surface area (Å²) in [7, 11) is 0. The van der Waals surface area contributed by atoms with E-state index in [0.29, 0.717) is 11.4 Å². The second-order valence-corrected chi connectivity index (χ2v) is 5.56. The minimum absolute atomic E-state index is 0.0471. The number of aromatic nitrogens is 1. The lowest BCUT2D eigenvalue weighted by molar-refractivity contribution is 0.0695. The van der Waals surface area contributed by atoms with E-state index >= 15 is 0 Å². The van der Waals surface area contributed by atoms with Crippen molar-refractivity contribution in [1.82, 2.24) is 4.57 Å². The highest BCUT2D eigenvalue weighted by atomic mass is 35.5. The molecule has 2 aromatic rings. The van der Waals surface area contributed by atoms with Crippen LogP contribution in [0.2, 0.25) is 5.02 Å². The molecule has 1 saturated carbocycles. The molecule has 0 saturated heterocycles. The Morgan fingerprint density at radius 2 is 2.15 bits per heavy atom. The first-order valence-electron chi connectivity index (χ1n) is 6.17. The molecule has 1 aromatic carbocycles. The highest BCUT2D eigenvalue weighted by Gasteiger charge is 2.35. The maximum Gasteiger partial charge on any atom is 0.341 e.